The second-order valence-electron chi connectivity index (χ2n) is 5.13. The van der Waals surface area contributed by atoms with Gasteiger partial charge in [-0.25, -0.2) is 4.98 Å². The molecule has 1 unspecified atom stereocenters. The van der Waals surface area contributed by atoms with Gasteiger partial charge in [-0.3, -0.25) is 0 Å². The summed E-state index contributed by atoms with van der Waals surface area (Å²) in [5.74, 6) is 2.58. The van der Waals surface area contributed by atoms with Gasteiger partial charge >= 0.3 is 0 Å². The van der Waals surface area contributed by atoms with E-state index in [1.807, 2.05) is 30.3 Å². The first kappa shape index (κ1) is 13.7. The summed E-state index contributed by atoms with van der Waals surface area (Å²) < 4.78 is 11.6. The van der Waals surface area contributed by atoms with Crippen LogP contribution in [-0.2, 0) is 6.42 Å². The van der Waals surface area contributed by atoms with Crippen molar-refractivity contribution in [2.45, 2.75) is 25.9 Å². The topological polar surface area (TPSA) is 43.4 Å². The molecule has 0 radical (unpaired) electrons. The van der Waals surface area contributed by atoms with Crippen LogP contribution in [0.5, 0.6) is 11.5 Å². The molecule has 2 aromatic rings. The number of anilines is 1. The van der Waals surface area contributed by atoms with Crippen molar-refractivity contribution in [3.05, 3.63) is 48.2 Å². The fourth-order valence-electron chi connectivity index (χ4n) is 2.43. The Morgan fingerprint density at radius 1 is 1.29 bits per heavy atom. The van der Waals surface area contributed by atoms with Gasteiger partial charge < -0.3 is 14.8 Å². The van der Waals surface area contributed by atoms with Crippen molar-refractivity contribution in [1.29, 1.82) is 0 Å². The lowest BCUT2D eigenvalue weighted by Crippen LogP contribution is -2.24. The predicted octanol–water partition coefficient (Wildman–Crippen LogP) is 3.29. The fourth-order valence-corrected chi connectivity index (χ4v) is 2.43. The lowest BCUT2D eigenvalue weighted by atomic mass is 10.1. The minimum Gasteiger partial charge on any atom is -0.490 e. The quantitative estimate of drug-likeness (QED) is 0.884. The third-order valence-corrected chi connectivity index (χ3v) is 3.44. The maximum absolute atomic E-state index is 5.92. The van der Waals surface area contributed by atoms with E-state index in [-0.39, 0.29) is 6.10 Å². The van der Waals surface area contributed by atoms with Crippen LogP contribution in [0, 0.1) is 0 Å². The molecular formula is C17H20N2O2. The highest BCUT2D eigenvalue weighted by Crippen LogP contribution is 2.28. The average Bonchev–Trinajstić information content (AvgIpc) is 2.94. The van der Waals surface area contributed by atoms with E-state index in [2.05, 4.69) is 23.3 Å². The van der Waals surface area contributed by atoms with Crippen LogP contribution in [0.4, 0.5) is 5.82 Å². The molecule has 0 aliphatic carbocycles. The molecule has 0 fully saturated rings. The van der Waals surface area contributed by atoms with Crippen LogP contribution in [0.3, 0.4) is 0 Å². The Morgan fingerprint density at radius 2 is 2.19 bits per heavy atom. The van der Waals surface area contributed by atoms with E-state index in [1.165, 1.54) is 5.56 Å². The van der Waals surface area contributed by atoms with Gasteiger partial charge in [0.05, 0.1) is 13.2 Å². The minimum atomic E-state index is 0.142. The molecule has 0 spiro atoms. The Labute approximate surface area is 125 Å². The number of fused-ring (bicyclic) bond motifs is 1. The van der Waals surface area contributed by atoms with E-state index in [0.717, 1.165) is 30.2 Å². The second-order valence-corrected chi connectivity index (χ2v) is 5.13. The Balaban J connectivity index is 1.59. The Morgan fingerprint density at radius 3 is 3.05 bits per heavy atom. The number of para-hydroxylation sites is 1. The summed E-state index contributed by atoms with van der Waals surface area (Å²) in [6.45, 7) is 3.51. The van der Waals surface area contributed by atoms with Crippen LogP contribution < -0.4 is 14.8 Å². The van der Waals surface area contributed by atoms with Crippen molar-refractivity contribution in [1.82, 2.24) is 4.98 Å². The van der Waals surface area contributed by atoms with E-state index < -0.39 is 0 Å². The maximum atomic E-state index is 5.92. The van der Waals surface area contributed by atoms with Crippen LogP contribution >= 0.6 is 0 Å². The van der Waals surface area contributed by atoms with Gasteiger partial charge in [0.25, 0.3) is 0 Å². The molecule has 1 N–H and O–H groups in total. The first-order valence-electron chi connectivity index (χ1n) is 7.43. The number of ether oxygens (including phenoxy) is 2. The van der Waals surface area contributed by atoms with Crippen LogP contribution in [0.15, 0.2) is 42.6 Å². The van der Waals surface area contributed by atoms with Crippen molar-refractivity contribution in [2.75, 3.05) is 18.5 Å². The molecule has 110 valence electrons. The van der Waals surface area contributed by atoms with Crippen molar-refractivity contribution in [2.24, 2.45) is 0 Å². The van der Waals surface area contributed by atoms with E-state index in [0.29, 0.717) is 13.2 Å². The molecule has 2 heterocycles. The number of nitrogens with one attached hydrogen (secondary N) is 1. The second kappa shape index (κ2) is 6.48. The summed E-state index contributed by atoms with van der Waals surface area (Å²) in [6.07, 6.45) is 3.82. The van der Waals surface area contributed by atoms with Crippen LogP contribution in [0.2, 0.25) is 0 Å². The third kappa shape index (κ3) is 3.27. The Bertz CT molecular complexity index is 576. The number of aromatic nitrogens is 1. The van der Waals surface area contributed by atoms with Crippen molar-refractivity contribution in [3.63, 3.8) is 0 Å². The molecule has 3 rings (SSSR count). The molecule has 1 aliphatic heterocycles. The SMILES string of the molecule is CCCOc1cccnc1NCC1Cc2ccccc2O1. The van der Waals surface area contributed by atoms with Gasteiger partial charge in [0.2, 0.25) is 0 Å². The summed E-state index contributed by atoms with van der Waals surface area (Å²) in [7, 11) is 0. The monoisotopic (exact) mass is 284 g/mol. The van der Waals surface area contributed by atoms with Gasteiger partial charge in [-0.1, -0.05) is 25.1 Å². The van der Waals surface area contributed by atoms with Gasteiger partial charge in [0.15, 0.2) is 11.6 Å². The van der Waals surface area contributed by atoms with E-state index in [1.54, 1.807) is 6.20 Å². The zero-order valence-electron chi connectivity index (χ0n) is 12.2. The number of pyridine rings is 1. The zero-order valence-corrected chi connectivity index (χ0v) is 12.2. The van der Waals surface area contributed by atoms with Crippen molar-refractivity contribution < 1.29 is 9.47 Å². The summed E-state index contributed by atoms with van der Waals surface area (Å²) in [5.41, 5.74) is 1.27. The number of nitrogens with zero attached hydrogens (tertiary/aromatic N) is 1. The molecule has 0 amide bonds. The molecule has 21 heavy (non-hydrogen) atoms. The average molecular weight is 284 g/mol. The highest BCUT2D eigenvalue weighted by molar-refractivity contribution is 5.49. The number of hydrogen-bond acceptors (Lipinski definition) is 4. The maximum Gasteiger partial charge on any atom is 0.168 e. The molecule has 1 atom stereocenters. The smallest absolute Gasteiger partial charge is 0.168 e. The number of rotatable bonds is 6. The Hall–Kier alpha value is -2.23. The summed E-state index contributed by atoms with van der Waals surface area (Å²) in [6, 6.07) is 12.0. The summed E-state index contributed by atoms with van der Waals surface area (Å²) in [4.78, 5) is 4.35. The molecule has 1 aromatic carbocycles. The first-order valence-corrected chi connectivity index (χ1v) is 7.43. The number of hydrogen-bond donors (Lipinski definition) is 1. The van der Waals surface area contributed by atoms with Gasteiger partial charge in [0, 0.05) is 12.6 Å². The molecule has 0 saturated heterocycles. The Kier molecular flexibility index (Phi) is 4.24. The van der Waals surface area contributed by atoms with E-state index >= 15 is 0 Å². The summed E-state index contributed by atoms with van der Waals surface area (Å²) >= 11 is 0. The molecule has 4 heteroatoms. The van der Waals surface area contributed by atoms with Crippen LogP contribution in [-0.4, -0.2) is 24.2 Å². The molecule has 0 saturated carbocycles. The van der Waals surface area contributed by atoms with Crippen molar-refractivity contribution in [3.8, 4) is 11.5 Å². The molecular weight excluding hydrogens is 264 g/mol. The lowest BCUT2D eigenvalue weighted by molar-refractivity contribution is 0.246. The highest BCUT2D eigenvalue weighted by Gasteiger charge is 2.22. The van der Waals surface area contributed by atoms with E-state index in [9.17, 15) is 0 Å². The lowest BCUT2D eigenvalue weighted by Gasteiger charge is -2.15. The van der Waals surface area contributed by atoms with Crippen LogP contribution in [0.25, 0.3) is 0 Å². The van der Waals surface area contributed by atoms with E-state index in [4.69, 9.17) is 9.47 Å². The minimum absolute atomic E-state index is 0.142. The van der Waals surface area contributed by atoms with Gasteiger partial charge in [-0.05, 0) is 30.2 Å². The molecule has 1 aromatic heterocycles. The fraction of sp³-hybridized carbons (Fsp3) is 0.353. The standard InChI is InChI=1S/C17H20N2O2/c1-2-10-20-16-8-5-9-18-17(16)19-12-14-11-13-6-3-4-7-15(13)21-14/h3-9,14H,2,10-12H2,1H3,(H,18,19). The normalized spacial score (nSPS) is 16.1. The van der Waals surface area contributed by atoms with Gasteiger partial charge in [-0.2, -0.15) is 0 Å². The van der Waals surface area contributed by atoms with Gasteiger partial charge in [-0.15, -0.1) is 0 Å². The molecule has 0 bridgehead atoms. The first-order chi connectivity index (χ1) is 10.4. The van der Waals surface area contributed by atoms with Crippen LogP contribution in [0.1, 0.15) is 18.9 Å². The largest absolute Gasteiger partial charge is 0.490 e. The highest BCUT2D eigenvalue weighted by atomic mass is 16.5. The third-order valence-electron chi connectivity index (χ3n) is 3.44. The van der Waals surface area contributed by atoms with Gasteiger partial charge in [0.1, 0.15) is 11.9 Å². The zero-order chi connectivity index (χ0) is 14.5. The number of benzene rings is 1. The summed E-state index contributed by atoms with van der Waals surface area (Å²) in [5, 5.41) is 3.34. The predicted molar refractivity (Wildman–Crippen MR) is 83.1 cm³/mol. The molecule has 1 aliphatic rings. The molecule has 4 nitrogen and oxygen atoms in total. The van der Waals surface area contributed by atoms with Crippen molar-refractivity contribution >= 4 is 5.82 Å².